The van der Waals surface area contributed by atoms with Gasteiger partial charge in [0.25, 0.3) is 0 Å². The van der Waals surface area contributed by atoms with Crippen LogP contribution < -0.4 is 11.1 Å². The summed E-state index contributed by atoms with van der Waals surface area (Å²) < 4.78 is 0. The Labute approximate surface area is 230 Å². The summed E-state index contributed by atoms with van der Waals surface area (Å²) >= 11 is 0. The van der Waals surface area contributed by atoms with Crippen LogP contribution in [0, 0.1) is 5.92 Å². The average molecular weight is 526 g/mol. The van der Waals surface area contributed by atoms with Crippen molar-refractivity contribution < 1.29 is 4.79 Å². The van der Waals surface area contributed by atoms with Gasteiger partial charge in [-0.3, -0.25) is 4.79 Å². The second kappa shape index (κ2) is 12.0. The van der Waals surface area contributed by atoms with Crippen LogP contribution in [0.1, 0.15) is 57.7 Å². The van der Waals surface area contributed by atoms with Crippen molar-refractivity contribution >= 4 is 5.91 Å². The predicted octanol–water partition coefficient (Wildman–Crippen LogP) is 5.28. The number of nitrogens with two attached hydrogens (primary N) is 1. The molecule has 204 valence electrons. The summed E-state index contributed by atoms with van der Waals surface area (Å²) in [7, 11) is 0. The van der Waals surface area contributed by atoms with Gasteiger partial charge >= 0.3 is 0 Å². The Morgan fingerprint density at radius 3 is 2.18 bits per heavy atom. The van der Waals surface area contributed by atoms with E-state index in [0.717, 1.165) is 84.2 Å². The lowest BCUT2D eigenvalue weighted by molar-refractivity contribution is -0.134. The van der Waals surface area contributed by atoms with Crippen LogP contribution in [-0.4, -0.2) is 49.9 Å². The number of H-pyrrole nitrogens is 2. The molecule has 1 aliphatic heterocycles. The monoisotopic (exact) mass is 525 g/mol. The number of likely N-dealkylation sites (tertiary alicyclic amines) is 1. The molecule has 3 heterocycles. The quantitative estimate of drug-likeness (QED) is 0.210. The number of aromatic nitrogens is 4. The third-order valence-corrected chi connectivity index (χ3v) is 7.52. The molecule has 1 saturated heterocycles. The van der Waals surface area contributed by atoms with Crippen LogP contribution in [0.25, 0.3) is 33.6 Å². The van der Waals surface area contributed by atoms with Gasteiger partial charge in [0.2, 0.25) is 5.91 Å². The standard InChI is InChI=1S/C31H39N7O/c1-4-15-33-19-28-34-17-25(36-28)23-11-7-21(8-12-23)22-9-13-24(14-10-22)26-18-35-30(37-26)27-6-5-16-38(27)31(39)29(32)20(2)3/h7-14,17-18,20,27,29,33H,4-6,15-16,19,32H2,1-3H3,(H,34,36)(H,35,37)/t27-,29-/m0/s1. The first-order chi connectivity index (χ1) is 18.9. The number of nitrogens with one attached hydrogen (secondary N) is 3. The molecule has 1 amide bonds. The van der Waals surface area contributed by atoms with Gasteiger partial charge in [0, 0.05) is 6.54 Å². The van der Waals surface area contributed by atoms with Crippen molar-refractivity contribution in [1.29, 1.82) is 0 Å². The molecule has 5 rings (SSSR count). The number of hydrogen-bond acceptors (Lipinski definition) is 5. The largest absolute Gasteiger partial charge is 0.341 e. The molecule has 1 fully saturated rings. The Bertz CT molecular complexity index is 1370. The first-order valence-electron chi connectivity index (χ1n) is 14.0. The molecule has 0 aliphatic carbocycles. The third-order valence-electron chi connectivity index (χ3n) is 7.52. The Morgan fingerprint density at radius 1 is 0.974 bits per heavy atom. The van der Waals surface area contributed by atoms with Crippen LogP contribution in [0.3, 0.4) is 0 Å². The number of benzene rings is 2. The summed E-state index contributed by atoms with van der Waals surface area (Å²) in [6, 6.07) is 16.5. The van der Waals surface area contributed by atoms with Crippen LogP contribution >= 0.6 is 0 Å². The SMILES string of the molecule is CCCNCc1ncc(-c2ccc(-c3ccc(-c4cnc([C@@H]5CCCN5C(=O)[C@@H](N)C(C)C)[nH]4)cc3)cc2)[nH]1. The fourth-order valence-corrected chi connectivity index (χ4v) is 5.11. The van der Waals surface area contributed by atoms with Crippen molar-refractivity contribution in [1.82, 2.24) is 30.2 Å². The van der Waals surface area contributed by atoms with Crippen molar-refractivity contribution in [2.24, 2.45) is 11.7 Å². The minimum absolute atomic E-state index is 0.0118. The number of carbonyl (C=O) groups is 1. The summed E-state index contributed by atoms with van der Waals surface area (Å²) in [6.07, 6.45) is 6.72. The van der Waals surface area contributed by atoms with E-state index in [1.807, 2.05) is 31.1 Å². The Hall–Kier alpha value is -3.75. The fourth-order valence-electron chi connectivity index (χ4n) is 5.11. The van der Waals surface area contributed by atoms with E-state index in [1.54, 1.807) is 0 Å². The number of amides is 1. The van der Waals surface area contributed by atoms with Crippen LogP contribution in [0.2, 0.25) is 0 Å². The third kappa shape index (κ3) is 5.97. The number of carbonyl (C=O) groups excluding carboxylic acids is 1. The summed E-state index contributed by atoms with van der Waals surface area (Å²) in [4.78, 5) is 30.8. The van der Waals surface area contributed by atoms with Crippen LogP contribution in [0.5, 0.6) is 0 Å². The Balaban J connectivity index is 1.25. The van der Waals surface area contributed by atoms with Crippen molar-refractivity contribution in [2.45, 2.75) is 58.7 Å². The number of imidazole rings is 2. The summed E-state index contributed by atoms with van der Waals surface area (Å²) in [5.74, 6) is 1.90. The highest BCUT2D eigenvalue weighted by Crippen LogP contribution is 2.33. The smallest absolute Gasteiger partial charge is 0.240 e. The molecule has 2 aromatic heterocycles. The zero-order chi connectivity index (χ0) is 27.4. The van der Waals surface area contributed by atoms with Gasteiger partial charge in [0.1, 0.15) is 11.6 Å². The number of rotatable bonds is 10. The summed E-state index contributed by atoms with van der Waals surface area (Å²) in [5, 5.41) is 3.37. The predicted molar refractivity (Wildman–Crippen MR) is 156 cm³/mol. The first-order valence-corrected chi connectivity index (χ1v) is 14.0. The molecular formula is C31H39N7O. The van der Waals surface area contributed by atoms with E-state index in [1.165, 1.54) is 0 Å². The second-order valence-corrected chi connectivity index (χ2v) is 10.7. The van der Waals surface area contributed by atoms with E-state index in [4.69, 9.17) is 5.73 Å². The minimum atomic E-state index is -0.480. The van der Waals surface area contributed by atoms with Crippen LogP contribution in [0.15, 0.2) is 60.9 Å². The maximum absolute atomic E-state index is 12.9. The Morgan fingerprint density at radius 2 is 1.56 bits per heavy atom. The van der Waals surface area contributed by atoms with Gasteiger partial charge in [-0.05, 0) is 54.0 Å². The van der Waals surface area contributed by atoms with Crippen molar-refractivity contribution in [3.05, 3.63) is 72.6 Å². The fraction of sp³-hybridized carbons (Fsp3) is 0.387. The number of hydrogen-bond donors (Lipinski definition) is 4. The molecule has 1 aliphatic rings. The summed E-state index contributed by atoms with van der Waals surface area (Å²) in [6.45, 7) is 8.59. The molecule has 0 radical (unpaired) electrons. The van der Waals surface area contributed by atoms with E-state index in [2.05, 4.69) is 80.7 Å². The van der Waals surface area contributed by atoms with Gasteiger partial charge in [-0.25, -0.2) is 9.97 Å². The Kier molecular flexibility index (Phi) is 8.24. The van der Waals surface area contributed by atoms with Crippen molar-refractivity contribution in [2.75, 3.05) is 13.1 Å². The number of aromatic amines is 2. The molecule has 5 N–H and O–H groups in total. The molecule has 0 spiro atoms. The zero-order valence-electron chi connectivity index (χ0n) is 23.1. The highest BCUT2D eigenvalue weighted by molar-refractivity contribution is 5.82. The van der Waals surface area contributed by atoms with Gasteiger partial charge < -0.3 is 25.9 Å². The highest BCUT2D eigenvalue weighted by Gasteiger charge is 2.35. The lowest BCUT2D eigenvalue weighted by Gasteiger charge is -2.27. The molecule has 4 aromatic rings. The van der Waals surface area contributed by atoms with Gasteiger partial charge in [0.15, 0.2) is 0 Å². The summed E-state index contributed by atoms with van der Waals surface area (Å²) in [5.41, 5.74) is 12.6. The van der Waals surface area contributed by atoms with E-state index in [0.29, 0.717) is 0 Å². The van der Waals surface area contributed by atoms with Crippen molar-refractivity contribution in [3.63, 3.8) is 0 Å². The first kappa shape index (κ1) is 26.8. The molecule has 8 heteroatoms. The van der Waals surface area contributed by atoms with E-state index >= 15 is 0 Å². The van der Waals surface area contributed by atoms with E-state index in [9.17, 15) is 4.79 Å². The molecule has 2 atom stereocenters. The maximum atomic E-state index is 12.9. The molecular weight excluding hydrogens is 486 g/mol. The van der Waals surface area contributed by atoms with Gasteiger partial charge in [-0.15, -0.1) is 0 Å². The van der Waals surface area contributed by atoms with E-state index in [-0.39, 0.29) is 17.9 Å². The normalized spacial score (nSPS) is 16.2. The highest BCUT2D eigenvalue weighted by atomic mass is 16.2. The van der Waals surface area contributed by atoms with Crippen LogP contribution in [-0.2, 0) is 11.3 Å². The second-order valence-electron chi connectivity index (χ2n) is 10.7. The number of nitrogens with zero attached hydrogens (tertiary/aromatic N) is 3. The molecule has 2 aromatic carbocycles. The molecule has 0 unspecified atom stereocenters. The minimum Gasteiger partial charge on any atom is -0.341 e. The van der Waals surface area contributed by atoms with Gasteiger partial charge in [-0.2, -0.15) is 0 Å². The average Bonchev–Trinajstić information content (AvgIpc) is 3.73. The molecule has 39 heavy (non-hydrogen) atoms. The van der Waals surface area contributed by atoms with Crippen LogP contribution in [0.4, 0.5) is 0 Å². The van der Waals surface area contributed by atoms with Crippen molar-refractivity contribution in [3.8, 4) is 33.6 Å². The topological polar surface area (TPSA) is 116 Å². The zero-order valence-corrected chi connectivity index (χ0v) is 23.1. The lowest BCUT2D eigenvalue weighted by Crippen LogP contribution is -2.46. The molecule has 0 bridgehead atoms. The lowest BCUT2D eigenvalue weighted by atomic mass is 10.0. The van der Waals surface area contributed by atoms with Gasteiger partial charge in [-0.1, -0.05) is 69.3 Å². The van der Waals surface area contributed by atoms with E-state index < -0.39 is 6.04 Å². The maximum Gasteiger partial charge on any atom is 0.240 e. The molecule has 8 nitrogen and oxygen atoms in total. The molecule has 0 saturated carbocycles. The van der Waals surface area contributed by atoms with Gasteiger partial charge in [0.05, 0.1) is 42.4 Å².